The molecular weight excluding hydrogens is 599 g/mol. The molecule has 0 unspecified atom stereocenters. The highest BCUT2D eigenvalue weighted by Gasteiger charge is 2.16. The van der Waals surface area contributed by atoms with Crippen LogP contribution in [0.2, 0.25) is 0 Å². The Kier molecular flexibility index (Phi) is 7.07. The van der Waals surface area contributed by atoms with Crippen LogP contribution in [-0.2, 0) is 0 Å². The van der Waals surface area contributed by atoms with Crippen molar-refractivity contribution in [3.8, 4) is 33.4 Å². The molecule has 0 bridgehead atoms. The molecule has 9 aromatic rings. The Morgan fingerprint density at radius 2 is 0.833 bits per heavy atom. The fourth-order valence-corrected chi connectivity index (χ4v) is 8.09. The Labute approximate surface area is 284 Å². The number of fused-ring (bicyclic) bond motifs is 5. The number of anilines is 3. The highest BCUT2D eigenvalue weighted by atomic mass is 32.1. The van der Waals surface area contributed by atoms with Crippen LogP contribution in [0.5, 0.6) is 0 Å². The average Bonchev–Trinajstić information content (AvgIpc) is 3.55. The molecule has 0 saturated carbocycles. The first-order valence-corrected chi connectivity index (χ1v) is 17.2. The zero-order valence-corrected chi connectivity index (χ0v) is 27.1. The third-order valence-corrected chi connectivity index (χ3v) is 10.5. The molecule has 0 spiro atoms. The summed E-state index contributed by atoms with van der Waals surface area (Å²) in [7, 11) is 0. The highest BCUT2D eigenvalue weighted by molar-refractivity contribution is 7.26. The third-order valence-electron chi connectivity index (χ3n) is 9.27. The van der Waals surface area contributed by atoms with Gasteiger partial charge in [-0.05, 0) is 80.6 Å². The molecule has 0 aliphatic carbocycles. The molecular formula is C46H31NS. The second kappa shape index (κ2) is 12.0. The van der Waals surface area contributed by atoms with Crippen molar-refractivity contribution in [3.05, 3.63) is 188 Å². The fraction of sp³-hybridized carbons (Fsp3) is 0. The van der Waals surface area contributed by atoms with Gasteiger partial charge in [-0.1, -0.05) is 152 Å². The zero-order valence-electron chi connectivity index (χ0n) is 26.3. The lowest BCUT2D eigenvalue weighted by atomic mass is 10.00. The first-order valence-electron chi connectivity index (χ1n) is 16.3. The van der Waals surface area contributed by atoms with Gasteiger partial charge in [0, 0.05) is 37.2 Å². The number of thiophene rings is 1. The van der Waals surface area contributed by atoms with Crippen LogP contribution in [-0.4, -0.2) is 0 Å². The standard InChI is InChI=1S/C46H31NS/c1-3-10-32(11-4-1)34-18-20-35(21-19-34)36-22-25-39(26-23-36)47(40-16-9-15-38(30-40)33-12-5-2-6-13-33)41-27-29-43-44-28-24-37-14-7-8-17-42(37)46(44)48-45(43)31-41/h1-31H. The predicted octanol–water partition coefficient (Wildman–Crippen LogP) is 13.7. The molecule has 0 amide bonds. The number of hydrogen-bond donors (Lipinski definition) is 0. The van der Waals surface area contributed by atoms with Gasteiger partial charge >= 0.3 is 0 Å². The molecule has 8 aromatic carbocycles. The average molecular weight is 630 g/mol. The smallest absolute Gasteiger partial charge is 0.0476 e. The van der Waals surface area contributed by atoms with Crippen LogP contribution in [0.3, 0.4) is 0 Å². The Hall–Kier alpha value is -5.96. The van der Waals surface area contributed by atoms with Crippen molar-refractivity contribution in [3.63, 3.8) is 0 Å². The van der Waals surface area contributed by atoms with E-state index in [4.69, 9.17) is 0 Å². The van der Waals surface area contributed by atoms with Gasteiger partial charge < -0.3 is 4.90 Å². The summed E-state index contributed by atoms with van der Waals surface area (Å²) in [5.41, 5.74) is 10.7. The minimum atomic E-state index is 1.12. The lowest BCUT2D eigenvalue weighted by Gasteiger charge is -2.26. The van der Waals surface area contributed by atoms with Gasteiger partial charge in [-0.25, -0.2) is 0 Å². The second-order valence-corrected chi connectivity index (χ2v) is 13.2. The minimum absolute atomic E-state index is 1.12. The maximum Gasteiger partial charge on any atom is 0.0476 e. The van der Waals surface area contributed by atoms with E-state index in [2.05, 4.69) is 193 Å². The molecule has 0 atom stereocenters. The van der Waals surface area contributed by atoms with Gasteiger partial charge in [0.25, 0.3) is 0 Å². The molecule has 1 aromatic heterocycles. The van der Waals surface area contributed by atoms with Crippen molar-refractivity contribution < 1.29 is 0 Å². The fourth-order valence-electron chi connectivity index (χ4n) is 6.82. The summed E-state index contributed by atoms with van der Waals surface area (Å²) in [5.74, 6) is 0. The highest BCUT2D eigenvalue weighted by Crippen LogP contribution is 2.43. The summed E-state index contributed by atoms with van der Waals surface area (Å²) in [4.78, 5) is 2.39. The molecule has 2 heteroatoms. The number of hydrogen-bond acceptors (Lipinski definition) is 2. The van der Waals surface area contributed by atoms with Crippen LogP contribution in [0, 0.1) is 0 Å². The molecule has 0 fully saturated rings. The molecule has 1 nitrogen and oxygen atoms in total. The van der Waals surface area contributed by atoms with Crippen molar-refractivity contribution >= 4 is 59.3 Å². The van der Waals surface area contributed by atoms with E-state index in [0.29, 0.717) is 0 Å². The summed E-state index contributed by atoms with van der Waals surface area (Å²) in [6.07, 6.45) is 0. The van der Waals surface area contributed by atoms with Crippen LogP contribution in [0.1, 0.15) is 0 Å². The Balaban J connectivity index is 1.14. The maximum atomic E-state index is 2.39. The number of rotatable bonds is 6. The van der Waals surface area contributed by atoms with Crippen LogP contribution in [0.25, 0.3) is 64.3 Å². The maximum absolute atomic E-state index is 2.39. The van der Waals surface area contributed by atoms with E-state index < -0.39 is 0 Å². The molecule has 48 heavy (non-hydrogen) atoms. The molecule has 0 saturated heterocycles. The lowest BCUT2D eigenvalue weighted by Crippen LogP contribution is -2.09. The van der Waals surface area contributed by atoms with E-state index in [9.17, 15) is 0 Å². The normalized spacial score (nSPS) is 11.3. The zero-order chi connectivity index (χ0) is 31.9. The first-order chi connectivity index (χ1) is 23.8. The van der Waals surface area contributed by atoms with Crippen molar-refractivity contribution in [2.45, 2.75) is 0 Å². The summed E-state index contributed by atoms with van der Waals surface area (Å²) >= 11 is 1.89. The van der Waals surface area contributed by atoms with E-state index in [0.717, 1.165) is 17.1 Å². The number of benzene rings is 8. The predicted molar refractivity (Wildman–Crippen MR) is 208 cm³/mol. The summed E-state index contributed by atoms with van der Waals surface area (Å²) in [5, 5.41) is 5.22. The molecule has 1 heterocycles. The van der Waals surface area contributed by atoms with Gasteiger partial charge in [0.2, 0.25) is 0 Å². The summed E-state index contributed by atoms with van der Waals surface area (Å²) in [6, 6.07) is 68.0. The van der Waals surface area contributed by atoms with Crippen molar-refractivity contribution in [2.75, 3.05) is 4.90 Å². The monoisotopic (exact) mass is 629 g/mol. The SMILES string of the molecule is c1ccc(-c2ccc(-c3ccc(N(c4cccc(-c5ccccc5)c4)c4ccc5c(c4)sc4c6ccccc6ccc54)cc3)cc2)cc1. The number of nitrogens with zero attached hydrogens (tertiary/aromatic N) is 1. The first kappa shape index (κ1) is 28.3. The molecule has 9 rings (SSSR count). The quantitative estimate of drug-likeness (QED) is 0.177. The molecule has 0 radical (unpaired) electrons. The van der Waals surface area contributed by atoms with Crippen LogP contribution < -0.4 is 4.90 Å². The molecule has 0 N–H and O–H groups in total. The Morgan fingerprint density at radius 3 is 1.54 bits per heavy atom. The van der Waals surface area contributed by atoms with Gasteiger partial charge in [-0.15, -0.1) is 11.3 Å². The molecule has 226 valence electrons. The largest absolute Gasteiger partial charge is 0.310 e. The summed E-state index contributed by atoms with van der Waals surface area (Å²) in [6.45, 7) is 0. The minimum Gasteiger partial charge on any atom is -0.310 e. The van der Waals surface area contributed by atoms with E-state index >= 15 is 0 Å². The van der Waals surface area contributed by atoms with Gasteiger partial charge in [0.05, 0.1) is 0 Å². The van der Waals surface area contributed by atoms with Gasteiger partial charge in [-0.2, -0.15) is 0 Å². The van der Waals surface area contributed by atoms with Gasteiger partial charge in [-0.3, -0.25) is 0 Å². The third kappa shape index (κ3) is 5.13. The second-order valence-electron chi connectivity index (χ2n) is 12.2. The topological polar surface area (TPSA) is 3.24 Å². The van der Waals surface area contributed by atoms with Crippen LogP contribution in [0.4, 0.5) is 17.1 Å². The van der Waals surface area contributed by atoms with E-state index in [1.54, 1.807) is 0 Å². The molecule has 0 aliphatic heterocycles. The van der Waals surface area contributed by atoms with Gasteiger partial charge in [0.1, 0.15) is 0 Å². The van der Waals surface area contributed by atoms with Gasteiger partial charge in [0.15, 0.2) is 0 Å². The Morgan fingerprint density at radius 1 is 0.312 bits per heavy atom. The van der Waals surface area contributed by atoms with Crippen molar-refractivity contribution in [1.82, 2.24) is 0 Å². The van der Waals surface area contributed by atoms with Crippen molar-refractivity contribution in [2.24, 2.45) is 0 Å². The van der Waals surface area contributed by atoms with Crippen molar-refractivity contribution in [1.29, 1.82) is 0 Å². The van der Waals surface area contributed by atoms with E-state index in [1.165, 1.54) is 64.3 Å². The lowest BCUT2D eigenvalue weighted by molar-refractivity contribution is 1.29. The van der Waals surface area contributed by atoms with Crippen LogP contribution in [0.15, 0.2) is 188 Å². The van der Waals surface area contributed by atoms with E-state index in [-0.39, 0.29) is 0 Å². The van der Waals surface area contributed by atoms with Crippen LogP contribution >= 0.6 is 11.3 Å². The molecule has 0 aliphatic rings. The Bertz CT molecular complexity index is 2530. The van der Waals surface area contributed by atoms with E-state index in [1.807, 2.05) is 11.3 Å². The summed E-state index contributed by atoms with van der Waals surface area (Å²) < 4.78 is 2.64.